The van der Waals surface area contributed by atoms with E-state index in [2.05, 4.69) is 5.32 Å². The molecule has 88 valence electrons. The molecular weight excluding hydrogens is 222 g/mol. The van der Waals surface area contributed by atoms with Gasteiger partial charge in [0.1, 0.15) is 6.10 Å². The number of nitrogens with one attached hydrogen (secondary N) is 1. The number of rotatable bonds is 3. The number of hydrogen-bond donors (Lipinski definition) is 1. The van der Waals surface area contributed by atoms with Crippen molar-refractivity contribution < 1.29 is 9.66 Å². The molecule has 1 aliphatic heterocycles. The van der Waals surface area contributed by atoms with E-state index in [9.17, 15) is 10.1 Å². The van der Waals surface area contributed by atoms with Crippen molar-refractivity contribution in [3.8, 4) is 11.8 Å². The fraction of sp³-hybridized carbons (Fsp3) is 0.364. The molecule has 0 amide bonds. The number of nitrogens with zero attached hydrogens (tertiary/aromatic N) is 2. The summed E-state index contributed by atoms with van der Waals surface area (Å²) in [7, 11) is 0. The molecule has 1 atom stereocenters. The molecule has 0 radical (unpaired) electrons. The fourth-order valence-corrected chi connectivity index (χ4v) is 1.74. The van der Waals surface area contributed by atoms with E-state index in [-0.39, 0.29) is 17.5 Å². The second-order valence-electron chi connectivity index (χ2n) is 3.78. The molecule has 6 heteroatoms. The zero-order valence-corrected chi connectivity index (χ0v) is 9.05. The van der Waals surface area contributed by atoms with Crippen LogP contribution in [0.1, 0.15) is 12.0 Å². The monoisotopic (exact) mass is 233 g/mol. The minimum atomic E-state index is -0.501. The maximum absolute atomic E-state index is 10.8. The maximum atomic E-state index is 10.8. The van der Waals surface area contributed by atoms with Gasteiger partial charge in [-0.25, -0.2) is 0 Å². The molecule has 1 unspecified atom stereocenters. The van der Waals surface area contributed by atoms with E-state index in [4.69, 9.17) is 10.00 Å². The second kappa shape index (κ2) is 4.80. The molecule has 0 bridgehead atoms. The van der Waals surface area contributed by atoms with Gasteiger partial charge in [0.25, 0.3) is 0 Å². The van der Waals surface area contributed by atoms with Gasteiger partial charge in [-0.05, 0) is 19.0 Å². The number of ether oxygens (including phenoxy) is 1. The van der Waals surface area contributed by atoms with E-state index in [1.165, 1.54) is 18.2 Å². The summed E-state index contributed by atoms with van der Waals surface area (Å²) in [6.07, 6.45) is 0.746. The van der Waals surface area contributed by atoms with Gasteiger partial charge in [-0.3, -0.25) is 10.1 Å². The van der Waals surface area contributed by atoms with E-state index < -0.39 is 4.92 Å². The summed E-state index contributed by atoms with van der Waals surface area (Å²) in [4.78, 5) is 10.3. The lowest BCUT2D eigenvalue weighted by Gasteiger charge is -2.12. The van der Waals surface area contributed by atoms with E-state index in [0.717, 1.165) is 13.0 Å². The quantitative estimate of drug-likeness (QED) is 0.626. The first kappa shape index (κ1) is 11.4. The van der Waals surface area contributed by atoms with Gasteiger partial charge in [-0.2, -0.15) is 5.26 Å². The van der Waals surface area contributed by atoms with Crippen LogP contribution in [0.15, 0.2) is 18.2 Å². The predicted molar refractivity (Wildman–Crippen MR) is 59.7 cm³/mol. The minimum absolute atomic E-state index is 0.0670. The molecule has 6 nitrogen and oxygen atoms in total. The van der Waals surface area contributed by atoms with Crippen LogP contribution in [-0.4, -0.2) is 24.1 Å². The molecule has 1 fully saturated rings. The Hall–Kier alpha value is -2.13. The highest BCUT2D eigenvalue weighted by Gasteiger charge is 2.22. The normalized spacial score (nSPS) is 18.6. The van der Waals surface area contributed by atoms with Crippen LogP contribution in [-0.2, 0) is 0 Å². The Balaban J connectivity index is 2.28. The van der Waals surface area contributed by atoms with Crippen LogP contribution < -0.4 is 10.1 Å². The van der Waals surface area contributed by atoms with E-state index in [1.807, 2.05) is 6.07 Å². The average Bonchev–Trinajstić information content (AvgIpc) is 2.81. The highest BCUT2D eigenvalue weighted by atomic mass is 16.6. The van der Waals surface area contributed by atoms with Gasteiger partial charge in [0.2, 0.25) is 0 Å². The van der Waals surface area contributed by atoms with Gasteiger partial charge in [0.05, 0.1) is 16.6 Å². The van der Waals surface area contributed by atoms with Gasteiger partial charge in [-0.15, -0.1) is 0 Å². The number of hydrogen-bond acceptors (Lipinski definition) is 5. The van der Waals surface area contributed by atoms with Crippen molar-refractivity contribution in [3.63, 3.8) is 0 Å². The van der Waals surface area contributed by atoms with Gasteiger partial charge in [0.15, 0.2) is 5.75 Å². The largest absolute Gasteiger partial charge is 0.482 e. The Morgan fingerprint density at radius 3 is 3.00 bits per heavy atom. The van der Waals surface area contributed by atoms with Gasteiger partial charge < -0.3 is 10.1 Å². The first-order valence-electron chi connectivity index (χ1n) is 5.26. The Labute approximate surface area is 98.0 Å². The molecular formula is C11H11N3O3. The summed E-state index contributed by atoms with van der Waals surface area (Å²) in [6.45, 7) is 1.52. The molecule has 1 aromatic carbocycles. The lowest BCUT2D eigenvalue weighted by Crippen LogP contribution is -2.20. The summed E-state index contributed by atoms with van der Waals surface area (Å²) < 4.78 is 5.55. The summed E-state index contributed by atoms with van der Waals surface area (Å²) in [6, 6.07) is 6.07. The zero-order valence-electron chi connectivity index (χ0n) is 9.05. The summed E-state index contributed by atoms with van der Waals surface area (Å²) in [5, 5.41) is 22.7. The molecule has 0 aliphatic carbocycles. The molecule has 17 heavy (non-hydrogen) atoms. The van der Waals surface area contributed by atoms with Crippen LogP contribution in [0.2, 0.25) is 0 Å². The molecule has 1 aliphatic rings. The molecule has 1 heterocycles. The number of benzene rings is 1. The van der Waals surface area contributed by atoms with Crippen LogP contribution in [0.5, 0.6) is 5.75 Å². The van der Waals surface area contributed by atoms with Crippen LogP contribution in [0, 0.1) is 21.4 Å². The lowest BCUT2D eigenvalue weighted by molar-refractivity contribution is -0.386. The van der Waals surface area contributed by atoms with Crippen LogP contribution in [0.25, 0.3) is 0 Å². The summed E-state index contributed by atoms with van der Waals surface area (Å²) in [5.41, 5.74) is 0.257. The number of nitro benzene ring substituents is 1. The van der Waals surface area contributed by atoms with E-state index in [0.29, 0.717) is 12.1 Å². The Bertz CT molecular complexity index is 475. The number of nitriles is 1. The van der Waals surface area contributed by atoms with Crippen LogP contribution in [0.4, 0.5) is 5.69 Å². The first-order chi connectivity index (χ1) is 8.20. The summed E-state index contributed by atoms with van der Waals surface area (Å²) in [5.74, 6) is 0.169. The molecule has 2 rings (SSSR count). The highest BCUT2D eigenvalue weighted by Crippen LogP contribution is 2.29. The van der Waals surface area contributed by atoms with Gasteiger partial charge >= 0.3 is 5.69 Å². The topological polar surface area (TPSA) is 88.2 Å². The SMILES string of the molecule is N#Cc1ccc([N+](=O)[O-])c(OC2CCNC2)c1. The lowest BCUT2D eigenvalue weighted by atomic mass is 10.2. The van der Waals surface area contributed by atoms with Crippen molar-refractivity contribution in [2.75, 3.05) is 13.1 Å². The first-order valence-corrected chi connectivity index (χ1v) is 5.26. The molecule has 1 N–H and O–H groups in total. The second-order valence-corrected chi connectivity index (χ2v) is 3.78. The smallest absolute Gasteiger partial charge is 0.311 e. The molecule has 0 saturated carbocycles. The minimum Gasteiger partial charge on any atom is -0.482 e. The van der Waals surface area contributed by atoms with Crippen molar-refractivity contribution in [2.24, 2.45) is 0 Å². The average molecular weight is 233 g/mol. The third-order valence-corrected chi connectivity index (χ3v) is 2.59. The van der Waals surface area contributed by atoms with E-state index >= 15 is 0 Å². The Morgan fingerprint density at radius 1 is 1.59 bits per heavy atom. The van der Waals surface area contributed by atoms with Crippen molar-refractivity contribution in [3.05, 3.63) is 33.9 Å². The number of nitro groups is 1. The molecule has 0 aromatic heterocycles. The van der Waals surface area contributed by atoms with Crippen LogP contribution >= 0.6 is 0 Å². The Morgan fingerprint density at radius 2 is 2.41 bits per heavy atom. The molecule has 1 saturated heterocycles. The van der Waals surface area contributed by atoms with Crippen molar-refractivity contribution >= 4 is 5.69 Å². The Kier molecular flexibility index (Phi) is 3.21. The maximum Gasteiger partial charge on any atom is 0.311 e. The fourth-order valence-electron chi connectivity index (χ4n) is 1.74. The highest BCUT2D eigenvalue weighted by molar-refractivity contribution is 5.51. The van der Waals surface area contributed by atoms with E-state index in [1.54, 1.807) is 0 Å². The predicted octanol–water partition coefficient (Wildman–Crippen LogP) is 1.21. The van der Waals surface area contributed by atoms with Crippen molar-refractivity contribution in [1.82, 2.24) is 5.32 Å². The summed E-state index contributed by atoms with van der Waals surface area (Å²) >= 11 is 0. The zero-order chi connectivity index (χ0) is 12.3. The van der Waals surface area contributed by atoms with Crippen LogP contribution in [0.3, 0.4) is 0 Å². The third-order valence-electron chi connectivity index (χ3n) is 2.59. The molecule has 1 aromatic rings. The molecule has 0 spiro atoms. The van der Waals surface area contributed by atoms with Gasteiger partial charge in [0, 0.05) is 18.7 Å². The van der Waals surface area contributed by atoms with Crippen molar-refractivity contribution in [1.29, 1.82) is 5.26 Å². The standard InChI is InChI=1S/C11H11N3O3/c12-6-8-1-2-10(14(15)16)11(5-8)17-9-3-4-13-7-9/h1-2,5,9,13H,3-4,7H2. The van der Waals surface area contributed by atoms with Gasteiger partial charge in [-0.1, -0.05) is 0 Å². The van der Waals surface area contributed by atoms with Crippen molar-refractivity contribution in [2.45, 2.75) is 12.5 Å². The third kappa shape index (κ3) is 2.52.